The van der Waals surface area contributed by atoms with E-state index < -0.39 is 5.91 Å². The van der Waals surface area contributed by atoms with Crippen LogP contribution in [-0.2, 0) is 4.79 Å². The summed E-state index contributed by atoms with van der Waals surface area (Å²) in [7, 11) is 0. The lowest BCUT2D eigenvalue weighted by atomic mass is 9.97. The molecular weight excluding hydrogens is 276 g/mol. The Balaban J connectivity index is 1.84. The molecule has 0 aromatic carbocycles. The normalized spacial score (nSPS) is 17.1. The van der Waals surface area contributed by atoms with Crippen LogP contribution in [0.4, 0.5) is 5.00 Å². The number of nitrogens with zero attached hydrogens (tertiary/aromatic N) is 1. The summed E-state index contributed by atoms with van der Waals surface area (Å²) >= 11 is 1.30. The van der Waals surface area contributed by atoms with E-state index in [2.05, 4.69) is 10.2 Å². The van der Waals surface area contributed by atoms with Crippen LogP contribution < -0.4 is 16.8 Å². The Morgan fingerprint density at radius 3 is 2.70 bits per heavy atom. The third-order valence-corrected chi connectivity index (χ3v) is 4.42. The number of primary amides is 1. The predicted octanol–water partition coefficient (Wildman–Crippen LogP) is 0.456. The summed E-state index contributed by atoms with van der Waals surface area (Å²) in [5.41, 5.74) is 11.3. The molecule has 1 saturated heterocycles. The van der Waals surface area contributed by atoms with Crippen LogP contribution in [0.15, 0.2) is 11.4 Å². The maximum absolute atomic E-state index is 12.0. The van der Waals surface area contributed by atoms with E-state index >= 15 is 0 Å². The number of nitrogens with one attached hydrogen (secondary N) is 1. The van der Waals surface area contributed by atoms with E-state index in [0.717, 1.165) is 32.5 Å². The van der Waals surface area contributed by atoms with Crippen LogP contribution in [0.25, 0.3) is 0 Å². The van der Waals surface area contributed by atoms with Crippen molar-refractivity contribution < 1.29 is 9.59 Å². The van der Waals surface area contributed by atoms with Gasteiger partial charge in [0.05, 0.1) is 12.1 Å². The van der Waals surface area contributed by atoms with E-state index in [0.29, 0.717) is 23.0 Å². The molecule has 2 amide bonds. The standard InChI is InChI=1S/C13H20N4O2S/c14-7-9-1-4-17(5-2-9)8-11(18)16-13-10(12(15)19)3-6-20-13/h3,6,9H,1-2,4-5,7-8,14H2,(H2,15,19)(H,16,18). The van der Waals surface area contributed by atoms with Gasteiger partial charge in [-0.1, -0.05) is 0 Å². The molecule has 5 N–H and O–H groups in total. The van der Waals surface area contributed by atoms with Crippen molar-refractivity contribution >= 4 is 28.2 Å². The summed E-state index contributed by atoms with van der Waals surface area (Å²) < 4.78 is 0. The number of piperidine rings is 1. The predicted molar refractivity (Wildman–Crippen MR) is 79.7 cm³/mol. The van der Waals surface area contributed by atoms with Crippen molar-refractivity contribution in [3.63, 3.8) is 0 Å². The molecule has 0 aliphatic carbocycles. The van der Waals surface area contributed by atoms with Gasteiger partial charge in [0, 0.05) is 0 Å². The minimum atomic E-state index is -0.523. The minimum absolute atomic E-state index is 0.110. The average molecular weight is 296 g/mol. The van der Waals surface area contributed by atoms with E-state index in [1.807, 2.05) is 0 Å². The summed E-state index contributed by atoms with van der Waals surface area (Å²) in [4.78, 5) is 25.3. The average Bonchev–Trinajstić information content (AvgIpc) is 2.87. The van der Waals surface area contributed by atoms with Crippen LogP contribution in [0.5, 0.6) is 0 Å². The molecule has 1 fully saturated rings. The summed E-state index contributed by atoms with van der Waals surface area (Å²) in [6.07, 6.45) is 2.07. The van der Waals surface area contributed by atoms with Gasteiger partial charge in [0.1, 0.15) is 5.00 Å². The Labute approximate surface area is 122 Å². The topological polar surface area (TPSA) is 101 Å². The summed E-state index contributed by atoms with van der Waals surface area (Å²) in [6, 6.07) is 1.62. The molecule has 0 radical (unpaired) electrons. The van der Waals surface area contributed by atoms with Crippen molar-refractivity contribution in [2.24, 2.45) is 17.4 Å². The van der Waals surface area contributed by atoms with Gasteiger partial charge >= 0.3 is 0 Å². The van der Waals surface area contributed by atoms with Gasteiger partial charge in [0.2, 0.25) is 5.91 Å². The SMILES string of the molecule is NCC1CCN(CC(=O)Nc2sccc2C(N)=O)CC1. The Morgan fingerprint density at radius 1 is 1.40 bits per heavy atom. The zero-order valence-corrected chi connectivity index (χ0v) is 12.1. The number of amides is 2. The highest BCUT2D eigenvalue weighted by atomic mass is 32.1. The third kappa shape index (κ3) is 3.78. The van der Waals surface area contributed by atoms with Crippen LogP contribution >= 0.6 is 11.3 Å². The summed E-state index contributed by atoms with van der Waals surface area (Å²) in [5, 5.41) is 5.02. The second-order valence-corrected chi connectivity index (χ2v) is 5.95. The molecule has 0 bridgehead atoms. The van der Waals surface area contributed by atoms with E-state index in [1.165, 1.54) is 11.3 Å². The van der Waals surface area contributed by atoms with Crippen molar-refractivity contribution in [3.8, 4) is 0 Å². The molecule has 1 aromatic rings. The number of carbonyl (C=O) groups excluding carboxylic acids is 2. The van der Waals surface area contributed by atoms with Gasteiger partial charge in [-0.2, -0.15) is 0 Å². The van der Waals surface area contributed by atoms with Crippen molar-refractivity contribution in [1.29, 1.82) is 0 Å². The molecule has 2 rings (SSSR count). The largest absolute Gasteiger partial charge is 0.366 e. The fraction of sp³-hybridized carbons (Fsp3) is 0.538. The van der Waals surface area contributed by atoms with Gasteiger partial charge in [-0.25, -0.2) is 0 Å². The zero-order chi connectivity index (χ0) is 14.5. The van der Waals surface area contributed by atoms with Crippen LogP contribution in [0, 0.1) is 5.92 Å². The molecule has 0 spiro atoms. The molecule has 0 unspecified atom stereocenters. The lowest BCUT2D eigenvalue weighted by Crippen LogP contribution is -2.40. The number of nitrogens with two attached hydrogens (primary N) is 2. The Morgan fingerprint density at radius 2 is 2.10 bits per heavy atom. The van der Waals surface area contributed by atoms with E-state index in [1.54, 1.807) is 11.4 Å². The van der Waals surface area contributed by atoms with Crippen molar-refractivity contribution in [2.75, 3.05) is 31.5 Å². The molecule has 2 heterocycles. The number of carbonyl (C=O) groups is 2. The zero-order valence-electron chi connectivity index (χ0n) is 11.3. The third-order valence-electron chi connectivity index (χ3n) is 3.59. The quantitative estimate of drug-likeness (QED) is 0.734. The first kappa shape index (κ1) is 15.0. The second kappa shape index (κ2) is 6.83. The number of hydrogen-bond acceptors (Lipinski definition) is 5. The van der Waals surface area contributed by atoms with Crippen LogP contribution in [0.2, 0.25) is 0 Å². The lowest BCUT2D eigenvalue weighted by Gasteiger charge is -2.30. The molecule has 6 nitrogen and oxygen atoms in total. The van der Waals surface area contributed by atoms with Gasteiger partial charge in [-0.05, 0) is 49.8 Å². The highest BCUT2D eigenvalue weighted by Gasteiger charge is 2.20. The molecule has 1 aliphatic heterocycles. The van der Waals surface area contributed by atoms with Gasteiger partial charge in [0.25, 0.3) is 5.91 Å². The highest BCUT2D eigenvalue weighted by Crippen LogP contribution is 2.23. The molecule has 1 aliphatic rings. The Bertz CT molecular complexity index is 480. The van der Waals surface area contributed by atoms with Crippen LogP contribution in [-0.4, -0.2) is 42.9 Å². The summed E-state index contributed by atoms with van der Waals surface area (Å²) in [6.45, 7) is 2.84. The fourth-order valence-corrected chi connectivity index (χ4v) is 3.16. The van der Waals surface area contributed by atoms with E-state index in [9.17, 15) is 9.59 Å². The van der Waals surface area contributed by atoms with Gasteiger partial charge in [-0.15, -0.1) is 11.3 Å². The van der Waals surface area contributed by atoms with Gasteiger partial charge in [-0.3, -0.25) is 14.5 Å². The summed E-state index contributed by atoms with van der Waals surface area (Å²) in [5.74, 6) is -0.0560. The fourth-order valence-electron chi connectivity index (χ4n) is 2.35. The molecule has 7 heteroatoms. The van der Waals surface area contributed by atoms with Crippen molar-refractivity contribution in [2.45, 2.75) is 12.8 Å². The van der Waals surface area contributed by atoms with E-state index in [-0.39, 0.29) is 5.91 Å². The Kier molecular flexibility index (Phi) is 5.11. The van der Waals surface area contributed by atoms with Crippen molar-refractivity contribution in [1.82, 2.24) is 4.90 Å². The number of likely N-dealkylation sites (tertiary alicyclic amines) is 1. The number of anilines is 1. The smallest absolute Gasteiger partial charge is 0.251 e. The molecule has 20 heavy (non-hydrogen) atoms. The first-order chi connectivity index (χ1) is 9.60. The van der Waals surface area contributed by atoms with Crippen LogP contribution in [0.1, 0.15) is 23.2 Å². The highest BCUT2D eigenvalue weighted by molar-refractivity contribution is 7.14. The maximum atomic E-state index is 12.0. The maximum Gasteiger partial charge on any atom is 0.251 e. The van der Waals surface area contributed by atoms with Crippen molar-refractivity contribution in [3.05, 3.63) is 17.0 Å². The number of thiophene rings is 1. The first-order valence-electron chi connectivity index (χ1n) is 6.69. The van der Waals surface area contributed by atoms with Gasteiger partial charge < -0.3 is 16.8 Å². The minimum Gasteiger partial charge on any atom is -0.366 e. The first-order valence-corrected chi connectivity index (χ1v) is 7.57. The molecule has 0 saturated carbocycles. The Hall–Kier alpha value is -1.44. The molecule has 0 atom stereocenters. The number of hydrogen-bond donors (Lipinski definition) is 3. The van der Waals surface area contributed by atoms with Crippen LogP contribution in [0.3, 0.4) is 0 Å². The lowest BCUT2D eigenvalue weighted by molar-refractivity contribution is -0.117. The monoisotopic (exact) mass is 296 g/mol. The van der Waals surface area contributed by atoms with E-state index in [4.69, 9.17) is 11.5 Å². The van der Waals surface area contributed by atoms with Gasteiger partial charge in [0.15, 0.2) is 0 Å². The molecular formula is C13H20N4O2S. The second-order valence-electron chi connectivity index (χ2n) is 5.03. The number of rotatable bonds is 5. The molecule has 1 aromatic heterocycles. The molecule has 110 valence electrons.